The quantitative estimate of drug-likeness (QED) is 0.276. The number of ether oxygens (including phenoxy) is 3. The summed E-state index contributed by atoms with van der Waals surface area (Å²) in [7, 11) is 0. The zero-order valence-corrected chi connectivity index (χ0v) is 15.5. The fourth-order valence-corrected chi connectivity index (χ4v) is 3.43. The fraction of sp³-hybridized carbons (Fsp3) is 0.667. The Balaban J connectivity index is 1.31. The Morgan fingerprint density at radius 3 is 2.50 bits per heavy atom. The maximum atomic E-state index is 12.1. The number of carbonyl (C=O) groups excluding carboxylic acids is 4. The fourth-order valence-electron chi connectivity index (χ4n) is 3.43. The Morgan fingerprint density at radius 1 is 1.04 bits per heavy atom. The van der Waals surface area contributed by atoms with Crippen molar-refractivity contribution in [1.29, 1.82) is 0 Å². The van der Waals surface area contributed by atoms with Crippen molar-refractivity contribution in [1.82, 2.24) is 9.96 Å². The van der Waals surface area contributed by atoms with Gasteiger partial charge in [-0.1, -0.05) is 17.2 Å². The summed E-state index contributed by atoms with van der Waals surface area (Å²) in [5.74, 6) is -1.14. The van der Waals surface area contributed by atoms with Crippen LogP contribution in [0.3, 0.4) is 0 Å². The lowest BCUT2D eigenvalue weighted by molar-refractivity contribution is -0.177. The number of rotatable bonds is 7. The van der Waals surface area contributed by atoms with Crippen LogP contribution in [-0.4, -0.2) is 72.5 Å². The molecule has 0 saturated carbocycles. The molecule has 0 bridgehead atoms. The predicted molar refractivity (Wildman–Crippen MR) is 92.7 cm³/mol. The Labute approximate surface area is 162 Å². The van der Waals surface area contributed by atoms with Gasteiger partial charge in [-0.15, -0.1) is 0 Å². The maximum Gasteiger partial charge on any atom is 0.534 e. The highest BCUT2D eigenvalue weighted by atomic mass is 16.8. The van der Waals surface area contributed by atoms with Crippen molar-refractivity contribution in [2.45, 2.75) is 50.7 Å². The van der Waals surface area contributed by atoms with E-state index >= 15 is 0 Å². The third kappa shape index (κ3) is 5.00. The Bertz CT molecular complexity index is 633. The van der Waals surface area contributed by atoms with Gasteiger partial charge in [-0.2, -0.15) is 0 Å². The molecular formula is C18H24N2O8. The number of allylic oxidation sites excluding steroid dienone is 2. The zero-order chi connectivity index (χ0) is 19.9. The predicted octanol–water partition coefficient (Wildman–Crippen LogP) is 1.54. The van der Waals surface area contributed by atoms with Gasteiger partial charge in [-0.05, 0) is 25.7 Å². The minimum absolute atomic E-state index is 0.0201. The molecule has 2 aliphatic heterocycles. The lowest BCUT2D eigenvalue weighted by atomic mass is 9.98. The van der Waals surface area contributed by atoms with Crippen LogP contribution in [0.4, 0.5) is 9.59 Å². The minimum atomic E-state index is -1.14. The molecule has 2 fully saturated rings. The van der Waals surface area contributed by atoms with E-state index in [1.807, 2.05) is 0 Å². The van der Waals surface area contributed by atoms with Gasteiger partial charge < -0.3 is 14.2 Å². The third-order valence-corrected chi connectivity index (χ3v) is 4.83. The largest absolute Gasteiger partial charge is 0.534 e. The van der Waals surface area contributed by atoms with Crippen LogP contribution in [-0.2, 0) is 28.6 Å². The molecule has 2 atom stereocenters. The van der Waals surface area contributed by atoms with Crippen LogP contribution in [0, 0.1) is 0 Å². The van der Waals surface area contributed by atoms with Crippen molar-refractivity contribution in [3.63, 3.8) is 0 Å². The van der Waals surface area contributed by atoms with Crippen LogP contribution >= 0.6 is 0 Å². The Kier molecular flexibility index (Phi) is 6.85. The maximum absolute atomic E-state index is 12.1. The number of hydrogen-bond donors (Lipinski definition) is 0. The van der Waals surface area contributed by atoms with E-state index in [0.29, 0.717) is 11.6 Å². The molecule has 0 N–H and O–H groups in total. The highest BCUT2D eigenvalue weighted by molar-refractivity contribution is 6.01. The topological polar surface area (TPSA) is 112 Å². The highest BCUT2D eigenvalue weighted by Crippen LogP contribution is 2.28. The summed E-state index contributed by atoms with van der Waals surface area (Å²) >= 11 is 0. The number of imide groups is 1. The van der Waals surface area contributed by atoms with Gasteiger partial charge in [0.25, 0.3) is 11.8 Å². The summed E-state index contributed by atoms with van der Waals surface area (Å²) in [5.41, 5.74) is 0. The second-order valence-electron chi connectivity index (χ2n) is 6.69. The summed E-state index contributed by atoms with van der Waals surface area (Å²) < 4.78 is 15.6. The molecule has 2 saturated heterocycles. The normalized spacial score (nSPS) is 24.6. The van der Waals surface area contributed by atoms with Crippen molar-refractivity contribution in [3.05, 3.63) is 12.2 Å². The molecule has 2 heterocycles. The van der Waals surface area contributed by atoms with Crippen LogP contribution < -0.4 is 0 Å². The smallest absolute Gasteiger partial charge is 0.444 e. The first-order chi connectivity index (χ1) is 13.6. The van der Waals surface area contributed by atoms with Gasteiger partial charge in [-0.3, -0.25) is 19.3 Å². The molecule has 10 nitrogen and oxygen atoms in total. The van der Waals surface area contributed by atoms with Crippen molar-refractivity contribution >= 4 is 24.1 Å². The molecule has 3 rings (SSSR count). The molecule has 3 aliphatic rings. The molecule has 28 heavy (non-hydrogen) atoms. The number of hydroxylamine groups is 2. The van der Waals surface area contributed by atoms with Gasteiger partial charge in [0.15, 0.2) is 0 Å². The highest BCUT2D eigenvalue weighted by Gasteiger charge is 2.40. The molecule has 3 amide bonds. The third-order valence-electron chi connectivity index (χ3n) is 4.83. The van der Waals surface area contributed by atoms with E-state index in [9.17, 15) is 19.2 Å². The lowest BCUT2D eigenvalue weighted by Crippen LogP contribution is -2.39. The Morgan fingerprint density at radius 2 is 1.75 bits per heavy atom. The van der Waals surface area contributed by atoms with Gasteiger partial charge in [0.2, 0.25) is 0 Å². The Hall–Kier alpha value is -2.62. The van der Waals surface area contributed by atoms with Crippen LogP contribution in [0.25, 0.3) is 0 Å². The van der Waals surface area contributed by atoms with Gasteiger partial charge in [0.1, 0.15) is 12.7 Å². The van der Waals surface area contributed by atoms with Crippen molar-refractivity contribution in [2.24, 2.45) is 0 Å². The molecule has 0 spiro atoms. The first kappa shape index (κ1) is 20.1. The molecule has 0 aromatic heterocycles. The summed E-state index contributed by atoms with van der Waals surface area (Å²) in [6, 6.07) is 0.0582. The summed E-state index contributed by atoms with van der Waals surface area (Å²) in [6.07, 6.45) is 6.25. The molecule has 0 aromatic rings. The van der Waals surface area contributed by atoms with Crippen molar-refractivity contribution in [2.75, 3.05) is 26.4 Å². The SMILES string of the molecule is O=C(OCCOCCN1C(=O)OC2CCC=CCCC21)ON1C(=O)CCC1=O. The molecular weight excluding hydrogens is 372 g/mol. The number of fused-ring (bicyclic) bond motifs is 1. The minimum Gasteiger partial charge on any atom is -0.444 e. The van der Waals surface area contributed by atoms with Gasteiger partial charge in [0.05, 0.1) is 19.3 Å². The molecule has 1 aliphatic carbocycles. The zero-order valence-electron chi connectivity index (χ0n) is 15.5. The van der Waals surface area contributed by atoms with E-state index < -0.39 is 18.0 Å². The second kappa shape index (κ2) is 9.54. The van der Waals surface area contributed by atoms with Gasteiger partial charge >= 0.3 is 12.2 Å². The molecule has 0 aromatic carbocycles. The monoisotopic (exact) mass is 396 g/mol. The van der Waals surface area contributed by atoms with Crippen molar-refractivity contribution < 1.29 is 38.2 Å². The average molecular weight is 396 g/mol. The van der Waals surface area contributed by atoms with E-state index in [2.05, 4.69) is 17.0 Å². The van der Waals surface area contributed by atoms with E-state index in [0.717, 1.165) is 25.7 Å². The van der Waals surface area contributed by atoms with E-state index in [4.69, 9.17) is 14.2 Å². The average Bonchev–Trinajstić information content (AvgIpc) is 3.11. The van der Waals surface area contributed by atoms with Crippen LogP contribution in [0.5, 0.6) is 0 Å². The first-order valence-electron chi connectivity index (χ1n) is 9.47. The molecule has 10 heteroatoms. The summed E-state index contributed by atoms with van der Waals surface area (Å²) in [5, 5.41) is 0.419. The summed E-state index contributed by atoms with van der Waals surface area (Å²) in [6.45, 7) is 0.660. The van der Waals surface area contributed by atoms with Crippen LogP contribution in [0.2, 0.25) is 0 Å². The standard InChI is InChI=1S/C18H24N2O8/c21-15-7-8-16(22)20(15)28-18(24)26-12-11-25-10-9-19-13-5-3-1-2-4-6-14(13)27-17(19)23/h1-2,13-14H,3-12H2. The van der Waals surface area contributed by atoms with Crippen LogP contribution in [0.1, 0.15) is 38.5 Å². The van der Waals surface area contributed by atoms with E-state index in [1.165, 1.54) is 0 Å². The number of amides is 3. The summed E-state index contributed by atoms with van der Waals surface area (Å²) in [4.78, 5) is 52.5. The number of carbonyl (C=O) groups is 4. The van der Waals surface area contributed by atoms with Gasteiger partial charge in [0, 0.05) is 19.4 Å². The van der Waals surface area contributed by atoms with E-state index in [-0.39, 0.29) is 50.9 Å². The lowest BCUT2D eigenvalue weighted by Gasteiger charge is -2.25. The van der Waals surface area contributed by atoms with Gasteiger partial charge in [-0.25, -0.2) is 9.59 Å². The molecule has 154 valence electrons. The van der Waals surface area contributed by atoms with Crippen LogP contribution in [0.15, 0.2) is 12.2 Å². The number of hydrogen-bond acceptors (Lipinski definition) is 8. The first-order valence-corrected chi connectivity index (χ1v) is 9.47. The molecule has 0 radical (unpaired) electrons. The second-order valence-corrected chi connectivity index (χ2v) is 6.69. The number of nitrogens with zero attached hydrogens (tertiary/aromatic N) is 2. The van der Waals surface area contributed by atoms with E-state index in [1.54, 1.807) is 4.90 Å². The molecule has 2 unspecified atom stereocenters. The van der Waals surface area contributed by atoms with Crippen molar-refractivity contribution in [3.8, 4) is 0 Å².